The van der Waals surface area contributed by atoms with Gasteiger partial charge in [-0.3, -0.25) is 0 Å². The summed E-state index contributed by atoms with van der Waals surface area (Å²) in [6.45, 7) is -0.0311. The number of esters is 1. The minimum atomic E-state index is -5.82. The number of methoxy groups -OCH3 is 1. The van der Waals surface area contributed by atoms with Crippen molar-refractivity contribution in [1.82, 2.24) is 5.32 Å². The number of hydrogen-bond donors (Lipinski definition) is 1. The van der Waals surface area contributed by atoms with Crippen molar-refractivity contribution < 1.29 is 44.8 Å². The van der Waals surface area contributed by atoms with Gasteiger partial charge in [-0.15, -0.1) is 0 Å². The Morgan fingerprint density at radius 2 is 1.66 bits per heavy atom. The van der Waals surface area contributed by atoms with Crippen LogP contribution in [0.1, 0.15) is 22.3 Å². The van der Waals surface area contributed by atoms with Crippen molar-refractivity contribution in [2.24, 2.45) is 0 Å². The number of rotatable bonds is 8. The number of nitrogens with one attached hydrogen (secondary N) is 1. The van der Waals surface area contributed by atoms with Crippen LogP contribution in [-0.2, 0) is 43.8 Å². The number of carbonyl (C=O) groups is 2. The second kappa shape index (κ2) is 10.7. The average Bonchev–Trinajstić information content (AvgIpc) is 3.26. The molecule has 0 heterocycles. The molecule has 0 saturated heterocycles. The number of carbonyl (C=O) groups excluding carboxylic acids is 2. The number of alkyl halides is 3. The Morgan fingerprint density at radius 3 is 2.34 bits per heavy atom. The van der Waals surface area contributed by atoms with Crippen molar-refractivity contribution in [3.8, 4) is 16.9 Å². The Kier molecular flexibility index (Phi) is 7.63. The first-order chi connectivity index (χ1) is 18.0. The van der Waals surface area contributed by atoms with Gasteiger partial charge in [0, 0.05) is 6.42 Å². The fourth-order valence-electron chi connectivity index (χ4n) is 4.11. The standard InChI is InChI=1S/C26H22F3NO7S/c1-35-24(31)23(13-16-9-11-19(12-10-16)37-38(33,34)26(27,28)29)30-25(32)36-15-18-6-4-8-21-20-7-3-2-5-17(20)14-22(18)21/h2-12,23H,13-15H2,1H3,(H,30,32)/t23-/m0/s1. The van der Waals surface area contributed by atoms with Gasteiger partial charge in [0.05, 0.1) is 7.11 Å². The Labute approximate surface area is 216 Å². The highest BCUT2D eigenvalue weighted by Gasteiger charge is 2.48. The maximum atomic E-state index is 12.5. The summed E-state index contributed by atoms with van der Waals surface area (Å²) in [4.78, 5) is 24.8. The second-order valence-electron chi connectivity index (χ2n) is 8.40. The first kappa shape index (κ1) is 27.0. The van der Waals surface area contributed by atoms with Crippen molar-refractivity contribution in [2.45, 2.75) is 31.0 Å². The molecule has 0 radical (unpaired) electrons. The SMILES string of the molecule is COC(=O)[C@H](Cc1ccc(OS(=O)(=O)C(F)(F)F)cc1)NC(=O)OCc1cccc2c1Cc1ccccc1-2. The molecule has 1 atom stereocenters. The van der Waals surface area contributed by atoms with Crippen LogP contribution in [0.25, 0.3) is 11.1 Å². The summed E-state index contributed by atoms with van der Waals surface area (Å²) in [7, 11) is -4.69. The zero-order valence-corrected chi connectivity index (χ0v) is 20.8. The van der Waals surface area contributed by atoms with E-state index in [-0.39, 0.29) is 13.0 Å². The van der Waals surface area contributed by atoms with Gasteiger partial charge in [-0.2, -0.15) is 21.6 Å². The topological polar surface area (TPSA) is 108 Å². The number of fused-ring (bicyclic) bond motifs is 3. The van der Waals surface area contributed by atoms with Crippen molar-refractivity contribution in [1.29, 1.82) is 0 Å². The van der Waals surface area contributed by atoms with Crippen LogP contribution in [0.3, 0.4) is 0 Å². The Hall–Kier alpha value is -4.06. The number of amides is 1. The highest BCUT2D eigenvalue weighted by Crippen LogP contribution is 2.38. The fraction of sp³-hybridized carbons (Fsp3) is 0.231. The third-order valence-corrected chi connectivity index (χ3v) is 6.92. The predicted molar refractivity (Wildman–Crippen MR) is 130 cm³/mol. The first-order valence-electron chi connectivity index (χ1n) is 11.3. The molecule has 0 saturated carbocycles. The van der Waals surface area contributed by atoms with Gasteiger partial charge in [0.25, 0.3) is 0 Å². The van der Waals surface area contributed by atoms with Crippen LogP contribution in [-0.4, -0.2) is 39.1 Å². The van der Waals surface area contributed by atoms with E-state index in [1.54, 1.807) is 0 Å². The van der Waals surface area contributed by atoms with Crippen LogP contribution >= 0.6 is 0 Å². The molecule has 1 amide bonds. The van der Waals surface area contributed by atoms with Gasteiger partial charge in [-0.25, -0.2) is 9.59 Å². The molecular weight excluding hydrogens is 527 g/mol. The summed E-state index contributed by atoms with van der Waals surface area (Å²) >= 11 is 0. The molecule has 200 valence electrons. The molecule has 0 bridgehead atoms. The molecule has 4 rings (SSSR count). The van der Waals surface area contributed by atoms with Gasteiger partial charge in [0.1, 0.15) is 18.4 Å². The lowest BCUT2D eigenvalue weighted by Crippen LogP contribution is -2.43. The Bertz CT molecular complexity index is 1450. The highest BCUT2D eigenvalue weighted by atomic mass is 32.2. The van der Waals surface area contributed by atoms with E-state index in [1.807, 2.05) is 42.5 Å². The summed E-state index contributed by atoms with van der Waals surface area (Å²) < 4.78 is 74.0. The molecule has 1 aliphatic carbocycles. The lowest BCUT2D eigenvalue weighted by atomic mass is 10.0. The number of halogens is 3. The van der Waals surface area contributed by atoms with Crippen molar-refractivity contribution in [3.63, 3.8) is 0 Å². The quantitative estimate of drug-likeness (QED) is 0.196. The Morgan fingerprint density at radius 1 is 0.974 bits per heavy atom. The number of ether oxygens (including phenoxy) is 2. The van der Waals surface area contributed by atoms with Crippen molar-refractivity contribution in [3.05, 3.63) is 89.0 Å². The third-order valence-electron chi connectivity index (χ3n) is 5.94. The second-order valence-corrected chi connectivity index (χ2v) is 9.94. The molecule has 0 aromatic heterocycles. The molecule has 0 fully saturated rings. The summed E-state index contributed by atoms with van der Waals surface area (Å²) in [5, 5.41) is 2.43. The molecule has 0 unspecified atom stereocenters. The van der Waals surface area contributed by atoms with E-state index < -0.39 is 39.5 Å². The predicted octanol–water partition coefficient (Wildman–Crippen LogP) is 4.50. The van der Waals surface area contributed by atoms with Crippen LogP contribution in [0.2, 0.25) is 0 Å². The average molecular weight is 550 g/mol. The number of benzene rings is 3. The van der Waals surface area contributed by atoms with Gasteiger partial charge in [0.2, 0.25) is 0 Å². The number of hydrogen-bond acceptors (Lipinski definition) is 7. The smallest absolute Gasteiger partial charge is 0.467 e. The third kappa shape index (κ3) is 5.91. The molecule has 0 spiro atoms. The summed E-state index contributed by atoms with van der Waals surface area (Å²) in [5.74, 6) is -1.34. The summed E-state index contributed by atoms with van der Waals surface area (Å²) in [6.07, 6.45) is -0.268. The molecule has 1 aliphatic rings. The molecular formula is C26H22F3NO7S. The minimum absolute atomic E-state index is 0.0311. The fourth-order valence-corrected chi connectivity index (χ4v) is 4.57. The van der Waals surface area contributed by atoms with E-state index in [9.17, 15) is 31.2 Å². The van der Waals surface area contributed by atoms with Gasteiger partial charge in [-0.1, -0.05) is 54.6 Å². The summed E-state index contributed by atoms with van der Waals surface area (Å²) in [6, 6.07) is 17.1. The van der Waals surface area contributed by atoms with Crippen LogP contribution in [0.15, 0.2) is 66.7 Å². The molecule has 1 N–H and O–H groups in total. The van der Waals surface area contributed by atoms with Crippen LogP contribution < -0.4 is 9.50 Å². The molecule has 8 nitrogen and oxygen atoms in total. The van der Waals surface area contributed by atoms with E-state index in [0.717, 1.165) is 41.5 Å². The van der Waals surface area contributed by atoms with E-state index in [1.165, 1.54) is 17.7 Å². The van der Waals surface area contributed by atoms with Crippen LogP contribution in [0.5, 0.6) is 5.75 Å². The molecule has 3 aromatic rings. The molecule has 3 aromatic carbocycles. The molecule has 12 heteroatoms. The van der Waals surface area contributed by atoms with E-state index >= 15 is 0 Å². The molecule has 0 aliphatic heterocycles. The lowest BCUT2D eigenvalue weighted by molar-refractivity contribution is -0.143. The lowest BCUT2D eigenvalue weighted by Gasteiger charge is -2.17. The van der Waals surface area contributed by atoms with Crippen LogP contribution in [0.4, 0.5) is 18.0 Å². The van der Waals surface area contributed by atoms with Crippen molar-refractivity contribution in [2.75, 3.05) is 7.11 Å². The van der Waals surface area contributed by atoms with Gasteiger partial charge in [-0.05, 0) is 51.9 Å². The van der Waals surface area contributed by atoms with Gasteiger partial charge < -0.3 is 19.0 Å². The molecule has 38 heavy (non-hydrogen) atoms. The van der Waals surface area contributed by atoms with Gasteiger partial charge >= 0.3 is 27.7 Å². The van der Waals surface area contributed by atoms with Crippen molar-refractivity contribution >= 4 is 22.2 Å². The highest BCUT2D eigenvalue weighted by molar-refractivity contribution is 7.88. The first-order valence-corrected chi connectivity index (χ1v) is 12.7. The Balaban J connectivity index is 1.38. The van der Waals surface area contributed by atoms with E-state index in [4.69, 9.17) is 9.47 Å². The summed E-state index contributed by atoms with van der Waals surface area (Å²) in [5.41, 5.74) is 0.0786. The maximum Gasteiger partial charge on any atom is 0.534 e. The van der Waals surface area contributed by atoms with Crippen LogP contribution in [0, 0.1) is 0 Å². The maximum absolute atomic E-state index is 12.5. The van der Waals surface area contributed by atoms with E-state index in [0.29, 0.717) is 12.0 Å². The minimum Gasteiger partial charge on any atom is -0.467 e. The zero-order chi connectivity index (χ0) is 27.5. The number of alkyl carbamates (subject to hydrolysis) is 1. The normalized spacial score (nSPS) is 13.2. The zero-order valence-electron chi connectivity index (χ0n) is 19.9. The van der Waals surface area contributed by atoms with E-state index in [2.05, 4.69) is 9.50 Å². The van der Waals surface area contributed by atoms with Gasteiger partial charge in [0.15, 0.2) is 0 Å². The largest absolute Gasteiger partial charge is 0.534 e. The monoisotopic (exact) mass is 549 g/mol.